The molecule has 7 heteroatoms. The summed E-state index contributed by atoms with van der Waals surface area (Å²) in [5.41, 5.74) is 5.88. The van der Waals surface area contributed by atoms with Crippen LogP contribution in [0, 0.1) is 0 Å². The molecule has 104 valence electrons. The van der Waals surface area contributed by atoms with Gasteiger partial charge >= 0.3 is 0 Å². The Morgan fingerprint density at radius 1 is 1.47 bits per heavy atom. The van der Waals surface area contributed by atoms with Gasteiger partial charge in [-0.1, -0.05) is 11.3 Å². The average molecular weight is 298 g/mol. The second-order valence-electron chi connectivity index (χ2n) is 5.09. The number of hydrogen-bond acceptors (Lipinski definition) is 6. The van der Waals surface area contributed by atoms with Crippen LogP contribution in [0.3, 0.4) is 0 Å². The van der Waals surface area contributed by atoms with Crippen LogP contribution in [0.4, 0.5) is 10.9 Å². The maximum Gasteiger partial charge on any atom is 0.267 e. The van der Waals surface area contributed by atoms with E-state index in [1.165, 1.54) is 24.2 Å². The zero-order chi connectivity index (χ0) is 13.4. The number of nitrogen functional groups attached to an aromatic ring is 1. The van der Waals surface area contributed by atoms with Gasteiger partial charge in [-0.25, -0.2) is 4.98 Å². The lowest BCUT2D eigenvalue weighted by Gasteiger charge is -2.23. The lowest BCUT2D eigenvalue weighted by Crippen LogP contribution is -2.36. The number of thiazole rings is 1. The highest BCUT2D eigenvalue weighted by atomic mass is 32.2. The molecule has 1 aromatic rings. The van der Waals surface area contributed by atoms with Crippen molar-refractivity contribution in [1.82, 2.24) is 9.88 Å². The number of nitrogens with one attached hydrogen (secondary N) is 1. The molecule has 2 heterocycles. The fraction of sp³-hybridized carbons (Fsp3) is 0.667. The topological polar surface area (TPSA) is 71.2 Å². The molecular formula is C12H18N4OS2. The molecule has 0 bridgehead atoms. The minimum atomic E-state index is 0.00588. The molecule has 1 saturated carbocycles. The van der Waals surface area contributed by atoms with E-state index in [0.717, 1.165) is 23.1 Å². The standard InChI is InChI=1S/C12H18N4OS2/c1-16(8-4-5-18-6-8)11(17)9-10(13)15-12(19-9)14-7-2-3-7/h7-8H,2-6,13H2,1H3,(H,14,15). The van der Waals surface area contributed by atoms with E-state index in [2.05, 4.69) is 10.3 Å². The van der Waals surface area contributed by atoms with E-state index < -0.39 is 0 Å². The SMILES string of the molecule is CN(C(=O)c1sc(NC2CC2)nc1N)C1CCSC1. The summed E-state index contributed by atoms with van der Waals surface area (Å²) in [5, 5.41) is 4.07. The van der Waals surface area contributed by atoms with Crippen LogP contribution in [-0.4, -0.2) is 46.4 Å². The summed E-state index contributed by atoms with van der Waals surface area (Å²) in [5.74, 6) is 2.52. The van der Waals surface area contributed by atoms with Crippen molar-refractivity contribution in [1.29, 1.82) is 0 Å². The highest BCUT2D eigenvalue weighted by Crippen LogP contribution is 2.32. The molecule has 2 aliphatic rings. The number of thioether (sulfide) groups is 1. The van der Waals surface area contributed by atoms with Crippen LogP contribution in [0.15, 0.2) is 0 Å². The van der Waals surface area contributed by atoms with Crippen LogP contribution in [0.1, 0.15) is 28.9 Å². The summed E-state index contributed by atoms with van der Waals surface area (Å²) < 4.78 is 0. The molecule has 1 aliphatic carbocycles. The minimum Gasteiger partial charge on any atom is -0.382 e. The third kappa shape index (κ3) is 2.81. The fourth-order valence-corrected chi connectivity index (χ4v) is 4.31. The van der Waals surface area contributed by atoms with E-state index >= 15 is 0 Å². The second kappa shape index (κ2) is 5.20. The molecule has 0 radical (unpaired) electrons. The van der Waals surface area contributed by atoms with Crippen LogP contribution in [0.2, 0.25) is 0 Å². The predicted molar refractivity (Wildman–Crippen MR) is 81.0 cm³/mol. The van der Waals surface area contributed by atoms with Crippen molar-refractivity contribution in [3.8, 4) is 0 Å². The van der Waals surface area contributed by atoms with Gasteiger partial charge in [-0.3, -0.25) is 4.79 Å². The molecule has 1 unspecified atom stereocenters. The number of nitrogens with zero attached hydrogens (tertiary/aromatic N) is 2. The van der Waals surface area contributed by atoms with Crippen LogP contribution < -0.4 is 11.1 Å². The van der Waals surface area contributed by atoms with Gasteiger partial charge in [0.1, 0.15) is 10.7 Å². The minimum absolute atomic E-state index is 0.00588. The molecule has 2 fully saturated rings. The van der Waals surface area contributed by atoms with Gasteiger partial charge in [0, 0.05) is 24.9 Å². The number of amides is 1. The highest BCUT2D eigenvalue weighted by molar-refractivity contribution is 7.99. The van der Waals surface area contributed by atoms with Crippen molar-refractivity contribution >= 4 is 40.0 Å². The largest absolute Gasteiger partial charge is 0.382 e. The van der Waals surface area contributed by atoms with Gasteiger partial charge in [0.25, 0.3) is 5.91 Å². The van der Waals surface area contributed by atoms with Crippen molar-refractivity contribution in [2.45, 2.75) is 31.3 Å². The van der Waals surface area contributed by atoms with Gasteiger partial charge < -0.3 is 16.0 Å². The molecule has 3 N–H and O–H groups in total. The Kier molecular flexibility index (Phi) is 3.58. The normalized spacial score (nSPS) is 22.5. The summed E-state index contributed by atoms with van der Waals surface area (Å²) in [7, 11) is 1.87. The Morgan fingerprint density at radius 3 is 2.89 bits per heavy atom. The first kappa shape index (κ1) is 13.1. The number of nitrogens with two attached hydrogens (primary N) is 1. The molecule has 0 spiro atoms. The van der Waals surface area contributed by atoms with Gasteiger partial charge in [0.2, 0.25) is 0 Å². The van der Waals surface area contributed by atoms with E-state index in [4.69, 9.17) is 5.73 Å². The first-order chi connectivity index (χ1) is 9.15. The van der Waals surface area contributed by atoms with E-state index in [-0.39, 0.29) is 5.91 Å². The molecule has 3 rings (SSSR count). The van der Waals surface area contributed by atoms with Crippen molar-refractivity contribution in [2.24, 2.45) is 0 Å². The molecular weight excluding hydrogens is 280 g/mol. The van der Waals surface area contributed by atoms with Gasteiger partial charge in [0.05, 0.1) is 0 Å². The Bertz CT molecular complexity index is 480. The van der Waals surface area contributed by atoms with Crippen LogP contribution in [-0.2, 0) is 0 Å². The number of carbonyl (C=O) groups excluding carboxylic acids is 1. The fourth-order valence-electron chi connectivity index (χ4n) is 2.10. The van der Waals surface area contributed by atoms with E-state index in [1.807, 2.05) is 23.7 Å². The van der Waals surface area contributed by atoms with Gasteiger partial charge in [-0.2, -0.15) is 11.8 Å². The molecule has 1 saturated heterocycles. The zero-order valence-electron chi connectivity index (χ0n) is 10.9. The van der Waals surface area contributed by atoms with Gasteiger partial charge in [-0.05, 0) is 25.0 Å². The zero-order valence-corrected chi connectivity index (χ0v) is 12.5. The molecule has 1 aromatic heterocycles. The quantitative estimate of drug-likeness (QED) is 0.888. The summed E-state index contributed by atoms with van der Waals surface area (Å²) in [4.78, 5) is 19.1. The van der Waals surface area contributed by atoms with Crippen molar-refractivity contribution < 1.29 is 4.79 Å². The summed E-state index contributed by atoms with van der Waals surface area (Å²) in [6.45, 7) is 0. The summed E-state index contributed by atoms with van der Waals surface area (Å²) in [6.07, 6.45) is 3.43. The highest BCUT2D eigenvalue weighted by Gasteiger charge is 2.29. The predicted octanol–water partition coefficient (Wildman–Crippen LogP) is 1.88. The maximum absolute atomic E-state index is 12.4. The van der Waals surface area contributed by atoms with Crippen LogP contribution >= 0.6 is 23.1 Å². The van der Waals surface area contributed by atoms with Crippen molar-refractivity contribution in [3.63, 3.8) is 0 Å². The van der Waals surface area contributed by atoms with Crippen molar-refractivity contribution in [3.05, 3.63) is 4.88 Å². The smallest absolute Gasteiger partial charge is 0.267 e. The molecule has 1 atom stereocenters. The molecule has 19 heavy (non-hydrogen) atoms. The maximum atomic E-state index is 12.4. The number of rotatable bonds is 4. The second-order valence-corrected chi connectivity index (χ2v) is 7.23. The first-order valence-electron chi connectivity index (χ1n) is 6.53. The van der Waals surface area contributed by atoms with E-state index in [0.29, 0.717) is 22.8 Å². The molecule has 5 nitrogen and oxygen atoms in total. The molecule has 1 amide bonds. The third-order valence-corrected chi connectivity index (χ3v) is 5.66. The lowest BCUT2D eigenvalue weighted by atomic mass is 10.2. The van der Waals surface area contributed by atoms with E-state index in [9.17, 15) is 4.79 Å². The first-order valence-corrected chi connectivity index (χ1v) is 8.50. The van der Waals surface area contributed by atoms with E-state index in [1.54, 1.807) is 0 Å². The Labute approximate surface area is 120 Å². The van der Waals surface area contributed by atoms with Gasteiger partial charge in [-0.15, -0.1) is 0 Å². The Hall–Kier alpha value is -0.950. The molecule has 0 aromatic carbocycles. The van der Waals surface area contributed by atoms with Crippen LogP contribution in [0.25, 0.3) is 0 Å². The monoisotopic (exact) mass is 298 g/mol. The van der Waals surface area contributed by atoms with Crippen LogP contribution in [0.5, 0.6) is 0 Å². The number of anilines is 2. The van der Waals surface area contributed by atoms with Crippen molar-refractivity contribution in [2.75, 3.05) is 29.6 Å². The lowest BCUT2D eigenvalue weighted by molar-refractivity contribution is 0.0753. The summed E-state index contributed by atoms with van der Waals surface area (Å²) >= 11 is 3.28. The van der Waals surface area contributed by atoms with Gasteiger partial charge in [0.15, 0.2) is 5.13 Å². The third-order valence-electron chi connectivity index (χ3n) is 3.53. The Balaban J connectivity index is 1.72. The number of carbonyl (C=O) groups is 1. The number of hydrogen-bond donors (Lipinski definition) is 2. The average Bonchev–Trinajstić information content (AvgIpc) is 2.92. The number of aromatic nitrogens is 1. The Morgan fingerprint density at radius 2 is 2.26 bits per heavy atom. The summed E-state index contributed by atoms with van der Waals surface area (Å²) in [6, 6.07) is 0.858. The molecule has 1 aliphatic heterocycles.